The summed E-state index contributed by atoms with van der Waals surface area (Å²) in [6.45, 7) is 0.281. The number of nitrogens with one attached hydrogen (secondary N) is 2. The second kappa shape index (κ2) is 9.68. The fraction of sp³-hybridized carbons (Fsp3) is 0.263. The van der Waals surface area contributed by atoms with Gasteiger partial charge >= 0.3 is 12.0 Å². The Bertz CT molecular complexity index is 767. The Balaban J connectivity index is 2.06. The number of carbonyl (C=O) groups excluding carboxylic acids is 2. The zero-order chi connectivity index (χ0) is 18.9. The van der Waals surface area contributed by atoms with Crippen LogP contribution in [0, 0.1) is 0 Å². The Morgan fingerprint density at radius 1 is 1.08 bits per heavy atom. The van der Waals surface area contributed by atoms with Crippen molar-refractivity contribution in [1.82, 2.24) is 10.6 Å². The number of urea groups is 1. The molecule has 0 spiro atoms. The van der Waals surface area contributed by atoms with Gasteiger partial charge in [-0.05, 0) is 17.7 Å². The van der Waals surface area contributed by atoms with Crippen LogP contribution < -0.4 is 15.4 Å². The van der Waals surface area contributed by atoms with Gasteiger partial charge in [0.25, 0.3) is 0 Å². The highest BCUT2D eigenvalue weighted by Crippen LogP contribution is 2.25. The minimum absolute atomic E-state index is 0.0255. The van der Waals surface area contributed by atoms with Crippen LogP contribution in [-0.4, -0.2) is 26.2 Å². The van der Waals surface area contributed by atoms with E-state index >= 15 is 0 Å². The van der Waals surface area contributed by atoms with Crippen LogP contribution in [0.3, 0.4) is 0 Å². The SMILES string of the molecule is COC(=O)CC(NC(=O)NCc1ccccc1OC)c1ccccc1Cl. The molecule has 2 N–H and O–H groups in total. The van der Waals surface area contributed by atoms with Crippen LogP contribution in [0.1, 0.15) is 23.6 Å². The summed E-state index contributed by atoms with van der Waals surface area (Å²) in [6, 6.07) is 13.4. The van der Waals surface area contributed by atoms with Crippen LogP contribution in [0.4, 0.5) is 4.79 Å². The quantitative estimate of drug-likeness (QED) is 0.725. The average Bonchev–Trinajstić information content (AvgIpc) is 2.66. The van der Waals surface area contributed by atoms with Crippen molar-refractivity contribution in [2.24, 2.45) is 0 Å². The highest BCUT2D eigenvalue weighted by Gasteiger charge is 2.21. The van der Waals surface area contributed by atoms with Gasteiger partial charge in [-0.3, -0.25) is 4.79 Å². The molecule has 1 unspecified atom stereocenters. The van der Waals surface area contributed by atoms with Crippen LogP contribution in [0.25, 0.3) is 0 Å². The molecule has 2 aromatic rings. The number of ether oxygens (including phenoxy) is 2. The standard InChI is InChI=1S/C19H21ClN2O4/c1-25-17-10-6-3-7-13(17)12-21-19(24)22-16(11-18(23)26-2)14-8-4-5-9-15(14)20/h3-10,16H,11-12H2,1-2H3,(H2,21,22,24). The molecule has 2 amide bonds. The molecule has 2 rings (SSSR count). The first-order valence-corrected chi connectivity index (χ1v) is 8.40. The van der Waals surface area contributed by atoms with Crippen molar-refractivity contribution in [1.29, 1.82) is 0 Å². The van der Waals surface area contributed by atoms with Crippen molar-refractivity contribution in [3.63, 3.8) is 0 Å². The monoisotopic (exact) mass is 376 g/mol. The van der Waals surface area contributed by atoms with Gasteiger partial charge in [-0.15, -0.1) is 0 Å². The number of halogens is 1. The lowest BCUT2D eigenvalue weighted by Crippen LogP contribution is -2.38. The maximum absolute atomic E-state index is 12.3. The molecule has 0 aliphatic carbocycles. The van der Waals surface area contributed by atoms with E-state index in [9.17, 15) is 9.59 Å². The minimum Gasteiger partial charge on any atom is -0.496 e. The number of hydrogen-bond acceptors (Lipinski definition) is 4. The first-order valence-electron chi connectivity index (χ1n) is 8.02. The molecule has 0 aliphatic heterocycles. The third kappa shape index (κ3) is 5.39. The van der Waals surface area contributed by atoms with Gasteiger partial charge in [0.2, 0.25) is 0 Å². The summed E-state index contributed by atoms with van der Waals surface area (Å²) < 4.78 is 9.97. The van der Waals surface area contributed by atoms with Crippen LogP contribution in [0.15, 0.2) is 48.5 Å². The Morgan fingerprint density at radius 3 is 2.46 bits per heavy atom. The van der Waals surface area contributed by atoms with Gasteiger partial charge in [0.05, 0.1) is 26.7 Å². The molecule has 0 saturated carbocycles. The predicted molar refractivity (Wildman–Crippen MR) is 99.2 cm³/mol. The van der Waals surface area contributed by atoms with Gasteiger partial charge in [-0.25, -0.2) is 4.79 Å². The summed E-state index contributed by atoms with van der Waals surface area (Å²) >= 11 is 6.20. The van der Waals surface area contributed by atoms with E-state index in [-0.39, 0.29) is 13.0 Å². The minimum atomic E-state index is -0.603. The highest BCUT2D eigenvalue weighted by molar-refractivity contribution is 6.31. The maximum atomic E-state index is 12.3. The number of hydrogen-bond donors (Lipinski definition) is 2. The molecule has 0 bridgehead atoms. The number of amides is 2. The lowest BCUT2D eigenvalue weighted by molar-refractivity contribution is -0.141. The molecule has 0 aromatic heterocycles. The number of benzene rings is 2. The van der Waals surface area contributed by atoms with Gasteiger partial charge < -0.3 is 20.1 Å². The Kier molecular flexibility index (Phi) is 7.29. The van der Waals surface area contributed by atoms with Gasteiger partial charge in [0.1, 0.15) is 5.75 Å². The molecule has 7 heteroatoms. The van der Waals surface area contributed by atoms with E-state index in [1.165, 1.54) is 7.11 Å². The topological polar surface area (TPSA) is 76.7 Å². The lowest BCUT2D eigenvalue weighted by Gasteiger charge is -2.20. The lowest BCUT2D eigenvalue weighted by atomic mass is 10.0. The molecule has 1 atom stereocenters. The van der Waals surface area contributed by atoms with Crippen LogP contribution in [0.2, 0.25) is 5.02 Å². The molecular formula is C19H21ClN2O4. The molecular weight excluding hydrogens is 356 g/mol. The summed E-state index contributed by atoms with van der Waals surface area (Å²) in [5, 5.41) is 5.99. The summed E-state index contributed by atoms with van der Waals surface area (Å²) in [4.78, 5) is 24.0. The zero-order valence-electron chi connectivity index (χ0n) is 14.6. The highest BCUT2D eigenvalue weighted by atomic mass is 35.5. The maximum Gasteiger partial charge on any atom is 0.315 e. The van der Waals surface area contributed by atoms with Crippen molar-refractivity contribution in [3.8, 4) is 5.75 Å². The van der Waals surface area contributed by atoms with Gasteiger partial charge in [-0.1, -0.05) is 48.0 Å². The Morgan fingerprint density at radius 2 is 1.77 bits per heavy atom. The molecule has 0 saturated heterocycles. The van der Waals surface area contributed by atoms with E-state index in [1.807, 2.05) is 24.3 Å². The van der Waals surface area contributed by atoms with Crippen LogP contribution in [0.5, 0.6) is 5.75 Å². The first-order chi connectivity index (χ1) is 12.5. The van der Waals surface area contributed by atoms with Crippen LogP contribution >= 0.6 is 11.6 Å². The van der Waals surface area contributed by atoms with E-state index in [1.54, 1.807) is 31.4 Å². The predicted octanol–water partition coefficient (Wildman–Crippen LogP) is 3.45. The van der Waals surface area contributed by atoms with E-state index in [0.29, 0.717) is 16.3 Å². The fourth-order valence-electron chi connectivity index (χ4n) is 2.48. The number of methoxy groups -OCH3 is 2. The number of rotatable bonds is 7. The van der Waals surface area contributed by atoms with Crippen molar-refractivity contribution in [2.45, 2.75) is 19.0 Å². The zero-order valence-corrected chi connectivity index (χ0v) is 15.4. The molecule has 0 aliphatic rings. The molecule has 0 heterocycles. The number of para-hydroxylation sites is 1. The number of esters is 1. The second-order valence-electron chi connectivity index (χ2n) is 5.49. The van der Waals surface area contributed by atoms with E-state index in [4.69, 9.17) is 21.1 Å². The summed E-state index contributed by atoms with van der Waals surface area (Å²) in [5.41, 5.74) is 1.49. The van der Waals surface area contributed by atoms with Gasteiger partial charge in [0, 0.05) is 17.1 Å². The number of carbonyl (C=O) groups is 2. The van der Waals surface area contributed by atoms with Crippen molar-refractivity contribution in [2.75, 3.05) is 14.2 Å². The molecule has 0 radical (unpaired) electrons. The molecule has 2 aromatic carbocycles. The van der Waals surface area contributed by atoms with E-state index < -0.39 is 18.0 Å². The third-order valence-electron chi connectivity index (χ3n) is 3.82. The summed E-state index contributed by atoms with van der Waals surface area (Å²) in [5.74, 6) is 0.241. The fourth-order valence-corrected chi connectivity index (χ4v) is 2.75. The molecule has 0 fully saturated rings. The van der Waals surface area contributed by atoms with Gasteiger partial charge in [0.15, 0.2) is 0 Å². The van der Waals surface area contributed by atoms with E-state index in [2.05, 4.69) is 10.6 Å². The average molecular weight is 377 g/mol. The summed E-state index contributed by atoms with van der Waals surface area (Å²) in [7, 11) is 2.87. The normalized spacial score (nSPS) is 11.3. The summed E-state index contributed by atoms with van der Waals surface area (Å²) in [6.07, 6.45) is -0.0255. The first kappa shape index (κ1) is 19.6. The van der Waals surface area contributed by atoms with Crippen molar-refractivity contribution >= 4 is 23.6 Å². The Labute approximate surface area is 157 Å². The van der Waals surface area contributed by atoms with Crippen molar-refractivity contribution in [3.05, 3.63) is 64.7 Å². The molecule has 6 nitrogen and oxygen atoms in total. The third-order valence-corrected chi connectivity index (χ3v) is 4.16. The molecule has 138 valence electrons. The van der Waals surface area contributed by atoms with Gasteiger partial charge in [-0.2, -0.15) is 0 Å². The largest absolute Gasteiger partial charge is 0.496 e. The van der Waals surface area contributed by atoms with Crippen LogP contribution in [-0.2, 0) is 16.1 Å². The van der Waals surface area contributed by atoms with Crippen molar-refractivity contribution < 1.29 is 19.1 Å². The smallest absolute Gasteiger partial charge is 0.315 e. The molecule has 26 heavy (non-hydrogen) atoms. The second-order valence-corrected chi connectivity index (χ2v) is 5.90. The van der Waals surface area contributed by atoms with E-state index in [0.717, 1.165) is 5.56 Å². The Hall–Kier alpha value is -2.73.